The molecule has 44 valence electrons. The molecule has 0 aliphatic heterocycles. The van der Waals surface area contributed by atoms with E-state index in [4.69, 9.17) is 0 Å². The largest absolute Gasteiger partial charge is 1.00 e. The Bertz CT molecular complexity index is 35.7. The smallest absolute Gasteiger partial charge is 1.00 e. The normalized spacial score (nSPS) is 6.38. The second-order valence-electron chi connectivity index (χ2n) is 1.18. The van der Waals surface area contributed by atoms with Gasteiger partial charge >= 0.3 is 58.7 Å². The van der Waals surface area contributed by atoms with Crippen molar-refractivity contribution in [3.63, 3.8) is 0 Å². The fraction of sp³-hybridized carbons (Fsp3) is 1.00. The first kappa shape index (κ1) is 16.2. The van der Waals surface area contributed by atoms with Crippen LogP contribution < -0.4 is 56.1 Å². The summed E-state index contributed by atoms with van der Waals surface area (Å²) in [6.45, 7) is 1.74. The van der Waals surface area contributed by atoms with E-state index in [0.717, 1.165) is 0 Å². The van der Waals surface area contributed by atoms with E-state index in [0.29, 0.717) is 6.42 Å². The monoisotopic (exact) mass is 150 g/mol. The van der Waals surface area contributed by atoms with Crippen LogP contribution in [0.2, 0.25) is 6.32 Å². The van der Waals surface area contributed by atoms with Gasteiger partial charge in [0.25, 0.3) is 0 Å². The first-order valence-corrected chi connectivity index (χ1v) is 2.05. The van der Waals surface area contributed by atoms with Crippen molar-refractivity contribution < 1.29 is 64.7 Å². The SMILES string of the molecule is CCCB(F)F.[F-].[K+]. The van der Waals surface area contributed by atoms with Crippen molar-refractivity contribution in [2.45, 2.75) is 19.7 Å². The molecule has 0 aliphatic carbocycles. The van der Waals surface area contributed by atoms with Gasteiger partial charge in [-0.25, -0.2) is 0 Å². The maximum Gasteiger partial charge on any atom is 1.00 e. The Morgan fingerprint density at radius 2 is 1.75 bits per heavy atom. The van der Waals surface area contributed by atoms with E-state index >= 15 is 0 Å². The van der Waals surface area contributed by atoms with Crippen LogP contribution in [0, 0.1) is 0 Å². The minimum Gasteiger partial charge on any atom is -1.00 e. The van der Waals surface area contributed by atoms with Gasteiger partial charge in [-0.1, -0.05) is 13.3 Å². The molecule has 8 heavy (non-hydrogen) atoms. The molecule has 0 bridgehead atoms. The van der Waals surface area contributed by atoms with E-state index in [-0.39, 0.29) is 62.4 Å². The van der Waals surface area contributed by atoms with Gasteiger partial charge in [-0.2, -0.15) is 0 Å². The summed E-state index contributed by atoms with van der Waals surface area (Å²) in [7, 11) is -2.10. The Hall–Kier alpha value is 1.49. The summed E-state index contributed by atoms with van der Waals surface area (Å²) in [6.07, 6.45) is 0.623. The zero-order valence-corrected chi connectivity index (χ0v) is 8.25. The van der Waals surface area contributed by atoms with Gasteiger partial charge in [0.1, 0.15) is 0 Å². The van der Waals surface area contributed by atoms with Crippen LogP contribution >= 0.6 is 0 Å². The van der Waals surface area contributed by atoms with Gasteiger partial charge in [0, 0.05) is 0 Å². The standard InChI is InChI=1S/C3H7BF2.FH.K/c1-2-3-4(5)6;;/h2-3H2,1H3;1H;/q;;+1/p-1. The van der Waals surface area contributed by atoms with Crippen LogP contribution in [0.15, 0.2) is 0 Å². The molecular weight excluding hydrogens is 143 g/mol. The van der Waals surface area contributed by atoms with Crippen molar-refractivity contribution in [1.29, 1.82) is 0 Å². The fourth-order valence-electron chi connectivity index (χ4n) is 0.218. The van der Waals surface area contributed by atoms with E-state index < -0.39 is 7.27 Å². The predicted molar refractivity (Wildman–Crippen MR) is 23.1 cm³/mol. The van der Waals surface area contributed by atoms with Gasteiger partial charge in [-0.3, -0.25) is 8.63 Å². The van der Waals surface area contributed by atoms with Crippen LogP contribution in [0.1, 0.15) is 13.3 Å². The van der Waals surface area contributed by atoms with Crippen LogP contribution in [-0.2, 0) is 0 Å². The quantitative estimate of drug-likeness (QED) is 0.350. The molecular formula is C3H7BF3K. The van der Waals surface area contributed by atoms with Crippen molar-refractivity contribution in [3.8, 4) is 0 Å². The van der Waals surface area contributed by atoms with Gasteiger partial charge < -0.3 is 4.70 Å². The second-order valence-corrected chi connectivity index (χ2v) is 1.18. The minimum atomic E-state index is -2.10. The molecule has 0 unspecified atom stereocenters. The summed E-state index contributed by atoms with van der Waals surface area (Å²) in [6, 6.07) is 0. The molecule has 0 rings (SSSR count). The van der Waals surface area contributed by atoms with Crippen molar-refractivity contribution >= 4 is 7.27 Å². The molecule has 0 N–H and O–H groups in total. The molecule has 0 amide bonds. The van der Waals surface area contributed by atoms with Crippen LogP contribution in [-0.4, -0.2) is 7.27 Å². The molecule has 0 fully saturated rings. The summed E-state index contributed by atoms with van der Waals surface area (Å²) in [5.41, 5.74) is 0. The van der Waals surface area contributed by atoms with Gasteiger partial charge in [-0.05, 0) is 6.32 Å². The van der Waals surface area contributed by atoms with Crippen LogP contribution in [0.4, 0.5) is 8.63 Å². The Morgan fingerprint density at radius 1 is 1.38 bits per heavy atom. The molecule has 0 aromatic heterocycles. The predicted octanol–water partition coefficient (Wildman–Crippen LogP) is -4.17. The summed E-state index contributed by atoms with van der Waals surface area (Å²) >= 11 is 0. The Labute approximate surface area is 90.4 Å². The molecule has 0 radical (unpaired) electrons. The van der Waals surface area contributed by atoms with Crippen molar-refractivity contribution in [2.24, 2.45) is 0 Å². The summed E-state index contributed by atoms with van der Waals surface area (Å²) in [5.74, 6) is 0. The maximum absolute atomic E-state index is 11.0. The van der Waals surface area contributed by atoms with Crippen LogP contribution in [0.25, 0.3) is 0 Å². The Morgan fingerprint density at radius 3 is 1.75 bits per heavy atom. The third kappa shape index (κ3) is 15.6. The average molecular weight is 150 g/mol. The average Bonchev–Trinajstić information content (AvgIpc) is 1.35. The van der Waals surface area contributed by atoms with Gasteiger partial charge in [-0.15, -0.1) is 0 Å². The number of rotatable bonds is 2. The second kappa shape index (κ2) is 11.3. The molecule has 0 aromatic carbocycles. The van der Waals surface area contributed by atoms with E-state index in [9.17, 15) is 8.63 Å². The van der Waals surface area contributed by atoms with Crippen LogP contribution in [0.5, 0.6) is 0 Å². The molecule has 0 aliphatic rings. The molecule has 0 aromatic rings. The van der Waals surface area contributed by atoms with Crippen molar-refractivity contribution in [3.05, 3.63) is 0 Å². The number of hydrogen-bond acceptors (Lipinski definition) is 0. The first-order valence-electron chi connectivity index (χ1n) is 2.05. The first-order chi connectivity index (χ1) is 2.77. The third-order valence-corrected chi connectivity index (χ3v) is 0.507. The van der Waals surface area contributed by atoms with E-state index in [1.54, 1.807) is 6.92 Å². The van der Waals surface area contributed by atoms with Gasteiger partial charge in [0.15, 0.2) is 0 Å². The molecule has 0 heterocycles. The summed E-state index contributed by atoms with van der Waals surface area (Å²) in [4.78, 5) is 0. The van der Waals surface area contributed by atoms with Crippen molar-refractivity contribution in [2.75, 3.05) is 0 Å². The number of halogens is 3. The Balaban J connectivity index is -0.000000125. The molecule has 0 atom stereocenters. The van der Waals surface area contributed by atoms with Crippen LogP contribution in [0.3, 0.4) is 0 Å². The van der Waals surface area contributed by atoms with E-state index in [2.05, 4.69) is 0 Å². The molecule has 0 saturated heterocycles. The molecule has 5 heteroatoms. The minimum absolute atomic E-state index is 0. The number of hydrogen-bond donors (Lipinski definition) is 0. The topological polar surface area (TPSA) is 0 Å². The van der Waals surface area contributed by atoms with Gasteiger partial charge in [0.2, 0.25) is 0 Å². The zero-order valence-electron chi connectivity index (χ0n) is 5.13. The molecule has 0 nitrogen and oxygen atoms in total. The molecule has 0 saturated carbocycles. The zero-order chi connectivity index (χ0) is 4.99. The van der Waals surface area contributed by atoms with E-state index in [1.165, 1.54) is 0 Å². The third-order valence-electron chi connectivity index (χ3n) is 0.507. The fourth-order valence-corrected chi connectivity index (χ4v) is 0.218. The van der Waals surface area contributed by atoms with Gasteiger partial charge in [0.05, 0.1) is 0 Å². The summed E-state index contributed by atoms with van der Waals surface area (Å²) in [5, 5.41) is 0. The molecule has 0 spiro atoms. The van der Waals surface area contributed by atoms with Crippen molar-refractivity contribution in [1.82, 2.24) is 0 Å². The van der Waals surface area contributed by atoms with E-state index in [1.807, 2.05) is 0 Å². The maximum atomic E-state index is 11.0. The Kier molecular flexibility index (Phi) is 23.0. The summed E-state index contributed by atoms with van der Waals surface area (Å²) < 4.78 is 22.1.